The van der Waals surface area contributed by atoms with Gasteiger partial charge in [0.1, 0.15) is 5.78 Å². The van der Waals surface area contributed by atoms with Gasteiger partial charge in [-0.1, -0.05) is 101 Å². The second kappa shape index (κ2) is 9.49. The largest absolute Gasteiger partial charge is 0.407 e. The molecule has 2 atom stereocenters. The first-order chi connectivity index (χ1) is 13.2. The number of allylic oxidation sites excluding steroid dienone is 1. The Morgan fingerprint density at radius 3 is 1.82 bits per heavy atom. The van der Waals surface area contributed by atoms with Gasteiger partial charge in [-0.2, -0.15) is 0 Å². The van der Waals surface area contributed by atoms with Crippen LogP contribution in [-0.2, 0) is 9.22 Å². The van der Waals surface area contributed by atoms with E-state index in [1.807, 2.05) is 19.9 Å². The molecule has 0 heterocycles. The molecule has 0 fully saturated rings. The van der Waals surface area contributed by atoms with E-state index in [1.54, 1.807) is 6.92 Å². The fourth-order valence-corrected chi connectivity index (χ4v) is 8.50. The maximum absolute atomic E-state index is 12.0. The molecule has 2 nitrogen and oxygen atoms in total. The van der Waals surface area contributed by atoms with Crippen molar-refractivity contribution in [3.63, 3.8) is 0 Å². The molecule has 0 N–H and O–H groups in total. The van der Waals surface area contributed by atoms with E-state index >= 15 is 0 Å². The molecule has 0 radical (unpaired) electrons. The summed E-state index contributed by atoms with van der Waals surface area (Å²) in [5.41, 5.74) is 0. The molecule has 0 bridgehead atoms. The predicted octanol–water partition coefficient (Wildman–Crippen LogP) is 4.98. The Hall–Kier alpha value is -1.97. The van der Waals surface area contributed by atoms with Crippen molar-refractivity contribution in [2.45, 2.75) is 46.6 Å². The SMILES string of the molecule is C/C=C/[C@@H](CO[Si](c1ccccc1)(c1ccccc1)C(C)(C)C)[C@@H](C)C(C)=O. The second-order valence-electron chi connectivity index (χ2n) is 8.56. The lowest BCUT2D eigenvalue weighted by atomic mass is 9.91. The van der Waals surface area contributed by atoms with Crippen molar-refractivity contribution in [3.05, 3.63) is 72.8 Å². The summed E-state index contributed by atoms with van der Waals surface area (Å²) in [5.74, 6) is 0.215. The lowest BCUT2D eigenvalue weighted by Crippen LogP contribution is -2.67. The van der Waals surface area contributed by atoms with E-state index in [-0.39, 0.29) is 22.7 Å². The van der Waals surface area contributed by atoms with Crippen molar-refractivity contribution < 1.29 is 9.22 Å². The number of carbonyl (C=O) groups is 1. The van der Waals surface area contributed by atoms with Crippen molar-refractivity contribution in [2.75, 3.05) is 6.61 Å². The maximum Gasteiger partial charge on any atom is 0.261 e. The molecular formula is C25H34O2Si. The van der Waals surface area contributed by atoms with Crippen LogP contribution in [0.4, 0.5) is 0 Å². The summed E-state index contributed by atoms with van der Waals surface area (Å²) >= 11 is 0. The molecule has 0 aromatic heterocycles. The van der Waals surface area contributed by atoms with E-state index in [0.29, 0.717) is 6.61 Å². The Balaban J connectivity index is 2.57. The highest BCUT2D eigenvalue weighted by molar-refractivity contribution is 6.99. The van der Waals surface area contributed by atoms with E-state index < -0.39 is 8.32 Å². The first-order valence-corrected chi connectivity index (χ1v) is 12.0. The Morgan fingerprint density at radius 1 is 1.00 bits per heavy atom. The highest BCUT2D eigenvalue weighted by Gasteiger charge is 2.50. The highest BCUT2D eigenvalue weighted by atomic mass is 28.4. The van der Waals surface area contributed by atoms with Crippen LogP contribution in [0, 0.1) is 11.8 Å². The molecule has 0 saturated carbocycles. The number of carbonyl (C=O) groups excluding carboxylic acids is 1. The molecular weight excluding hydrogens is 360 g/mol. The maximum atomic E-state index is 12.0. The van der Waals surface area contributed by atoms with Gasteiger partial charge in [0.2, 0.25) is 0 Å². The summed E-state index contributed by atoms with van der Waals surface area (Å²) in [7, 11) is -2.57. The summed E-state index contributed by atoms with van der Waals surface area (Å²) in [5, 5.41) is 2.47. The standard InChI is InChI=1S/C25H34O2Si/c1-7-14-22(20(2)21(3)26)19-27-28(25(4,5)6,23-15-10-8-11-16-23)24-17-12-9-13-18-24/h7-18,20,22H,19H2,1-6H3/b14-7+/t20-,22-/m0/s1. The first-order valence-electron chi connectivity index (χ1n) is 10.1. The fraction of sp³-hybridized carbons (Fsp3) is 0.400. The van der Waals surface area contributed by atoms with E-state index in [0.717, 1.165) is 0 Å². The molecule has 28 heavy (non-hydrogen) atoms. The van der Waals surface area contributed by atoms with Gasteiger partial charge in [0.05, 0.1) is 0 Å². The van der Waals surface area contributed by atoms with Crippen LogP contribution in [0.25, 0.3) is 0 Å². The smallest absolute Gasteiger partial charge is 0.261 e. The highest BCUT2D eigenvalue weighted by Crippen LogP contribution is 2.37. The molecule has 0 amide bonds. The zero-order valence-corrected chi connectivity index (χ0v) is 19.1. The van der Waals surface area contributed by atoms with Gasteiger partial charge in [-0.05, 0) is 29.3 Å². The molecule has 3 heteroatoms. The summed E-state index contributed by atoms with van der Waals surface area (Å²) in [6, 6.07) is 21.3. The Morgan fingerprint density at radius 2 is 1.46 bits per heavy atom. The van der Waals surface area contributed by atoms with Crippen molar-refractivity contribution in [1.82, 2.24) is 0 Å². The van der Waals surface area contributed by atoms with Crippen LogP contribution in [-0.4, -0.2) is 20.7 Å². The fourth-order valence-electron chi connectivity index (χ4n) is 3.90. The minimum atomic E-state index is -2.57. The zero-order valence-electron chi connectivity index (χ0n) is 18.1. The number of Topliss-reactive ketones (excluding diaryl/α,β-unsaturated/α-hetero) is 1. The summed E-state index contributed by atoms with van der Waals surface area (Å²) in [6.07, 6.45) is 4.14. The van der Waals surface area contributed by atoms with Crippen LogP contribution < -0.4 is 10.4 Å². The van der Waals surface area contributed by atoms with Crippen molar-refractivity contribution in [3.8, 4) is 0 Å². The van der Waals surface area contributed by atoms with Crippen molar-refractivity contribution in [1.29, 1.82) is 0 Å². The van der Waals surface area contributed by atoms with Gasteiger partial charge < -0.3 is 4.43 Å². The van der Waals surface area contributed by atoms with Gasteiger partial charge in [-0.25, -0.2) is 0 Å². The molecule has 0 saturated heterocycles. The van der Waals surface area contributed by atoms with Gasteiger partial charge >= 0.3 is 0 Å². The predicted molar refractivity (Wildman–Crippen MR) is 122 cm³/mol. The molecule has 0 spiro atoms. The molecule has 0 unspecified atom stereocenters. The summed E-state index contributed by atoms with van der Waals surface area (Å²) in [4.78, 5) is 12.0. The van der Waals surface area contributed by atoms with E-state index in [4.69, 9.17) is 4.43 Å². The lowest BCUT2D eigenvalue weighted by molar-refractivity contribution is -0.121. The molecule has 2 aromatic rings. The molecule has 0 aliphatic carbocycles. The first kappa shape index (κ1) is 22.3. The summed E-state index contributed by atoms with van der Waals surface area (Å²) in [6.45, 7) is 13.0. The number of ketones is 1. The van der Waals surface area contributed by atoms with Gasteiger partial charge in [0.15, 0.2) is 0 Å². The number of rotatable bonds is 8. The van der Waals surface area contributed by atoms with Crippen LogP contribution in [0.3, 0.4) is 0 Å². The summed E-state index contributed by atoms with van der Waals surface area (Å²) < 4.78 is 6.99. The Bertz CT molecular complexity index is 736. The molecule has 0 aliphatic heterocycles. The van der Waals surface area contributed by atoms with Crippen LogP contribution >= 0.6 is 0 Å². The minimum absolute atomic E-state index is 0.0599. The van der Waals surface area contributed by atoms with Gasteiger partial charge in [0.25, 0.3) is 8.32 Å². The quantitative estimate of drug-likeness (QED) is 0.466. The van der Waals surface area contributed by atoms with Crippen LogP contribution in [0.2, 0.25) is 5.04 Å². The van der Waals surface area contributed by atoms with Crippen molar-refractivity contribution in [2.24, 2.45) is 11.8 Å². The van der Waals surface area contributed by atoms with E-state index in [1.165, 1.54) is 10.4 Å². The lowest BCUT2D eigenvalue weighted by Gasteiger charge is -2.44. The van der Waals surface area contributed by atoms with E-state index in [2.05, 4.69) is 87.5 Å². The van der Waals surface area contributed by atoms with Gasteiger partial charge in [-0.15, -0.1) is 0 Å². The van der Waals surface area contributed by atoms with Gasteiger partial charge in [0, 0.05) is 18.4 Å². The second-order valence-corrected chi connectivity index (χ2v) is 12.9. The Kier molecular flexibility index (Phi) is 7.56. The third kappa shape index (κ3) is 4.71. The molecule has 2 rings (SSSR count). The Labute approximate surface area is 171 Å². The topological polar surface area (TPSA) is 26.3 Å². The third-order valence-corrected chi connectivity index (χ3v) is 10.6. The zero-order chi connectivity index (χ0) is 20.8. The monoisotopic (exact) mass is 394 g/mol. The van der Waals surface area contributed by atoms with E-state index in [9.17, 15) is 4.79 Å². The molecule has 150 valence electrons. The number of hydrogen-bond donors (Lipinski definition) is 0. The van der Waals surface area contributed by atoms with Crippen molar-refractivity contribution >= 4 is 24.5 Å². The normalized spacial score (nSPS) is 14.8. The van der Waals surface area contributed by atoms with Crippen LogP contribution in [0.15, 0.2) is 72.8 Å². The molecule has 2 aromatic carbocycles. The average Bonchev–Trinajstić information content (AvgIpc) is 2.67. The number of hydrogen-bond acceptors (Lipinski definition) is 2. The third-order valence-electron chi connectivity index (χ3n) is 5.63. The van der Waals surface area contributed by atoms with Gasteiger partial charge in [-0.3, -0.25) is 4.79 Å². The minimum Gasteiger partial charge on any atom is -0.407 e. The van der Waals surface area contributed by atoms with Crippen LogP contribution in [0.5, 0.6) is 0 Å². The van der Waals surface area contributed by atoms with Crippen LogP contribution in [0.1, 0.15) is 41.5 Å². The average molecular weight is 395 g/mol. The molecule has 0 aliphatic rings. The number of benzene rings is 2.